The predicted molar refractivity (Wildman–Crippen MR) is 101 cm³/mol. The Labute approximate surface area is 161 Å². The van der Waals surface area contributed by atoms with Gasteiger partial charge in [-0.3, -0.25) is 9.69 Å². The van der Waals surface area contributed by atoms with Crippen molar-refractivity contribution < 1.29 is 23.1 Å². The number of halogens is 2. The third-order valence-corrected chi connectivity index (χ3v) is 4.37. The molecule has 148 valence electrons. The first kappa shape index (κ1) is 19.6. The number of nitrogens with zero attached hydrogens (tertiary/aromatic N) is 1. The van der Waals surface area contributed by atoms with Crippen molar-refractivity contribution >= 4 is 17.6 Å². The molecule has 1 aliphatic rings. The maximum Gasteiger partial charge on any atom is 0.322 e. The SMILES string of the molecule is Cc1cc(C(=O)NC(C)COc2ccc(F)cc2F)ccc1N1CCNC1=O. The van der Waals surface area contributed by atoms with Crippen LogP contribution in [0.25, 0.3) is 0 Å². The molecule has 0 bridgehead atoms. The van der Waals surface area contributed by atoms with Gasteiger partial charge in [-0.2, -0.15) is 0 Å². The second kappa shape index (κ2) is 8.24. The van der Waals surface area contributed by atoms with Gasteiger partial charge in [0, 0.05) is 30.4 Å². The minimum absolute atomic E-state index is 0.0271. The van der Waals surface area contributed by atoms with Gasteiger partial charge in [-0.15, -0.1) is 0 Å². The first-order valence-electron chi connectivity index (χ1n) is 8.90. The number of anilines is 1. The van der Waals surface area contributed by atoms with E-state index in [4.69, 9.17) is 4.74 Å². The van der Waals surface area contributed by atoms with Crippen LogP contribution >= 0.6 is 0 Å². The van der Waals surface area contributed by atoms with E-state index in [1.807, 2.05) is 6.92 Å². The monoisotopic (exact) mass is 389 g/mol. The maximum atomic E-state index is 13.6. The van der Waals surface area contributed by atoms with Crippen molar-refractivity contribution in [3.8, 4) is 5.75 Å². The summed E-state index contributed by atoms with van der Waals surface area (Å²) in [6.45, 7) is 4.75. The molecule has 2 aromatic carbocycles. The van der Waals surface area contributed by atoms with Gasteiger partial charge >= 0.3 is 6.03 Å². The second-order valence-electron chi connectivity index (χ2n) is 6.65. The van der Waals surface area contributed by atoms with E-state index in [9.17, 15) is 18.4 Å². The highest BCUT2D eigenvalue weighted by atomic mass is 19.1. The summed E-state index contributed by atoms with van der Waals surface area (Å²) in [6.07, 6.45) is 0. The number of carbonyl (C=O) groups excluding carboxylic acids is 2. The summed E-state index contributed by atoms with van der Waals surface area (Å²) >= 11 is 0. The lowest BCUT2D eigenvalue weighted by molar-refractivity contribution is 0.0926. The first-order chi connectivity index (χ1) is 13.3. The molecule has 3 rings (SSSR count). The molecule has 1 saturated heterocycles. The number of nitrogens with one attached hydrogen (secondary N) is 2. The Balaban J connectivity index is 1.59. The summed E-state index contributed by atoms with van der Waals surface area (Å²) in [5.41, 5.74) is 2.01. The van der Waals surface area contributed by atoms with Crippen LogP contribution in [-0.4, -0.2) is 37.7 Å². The standard InChI is InChI=1S/C20H21F2N3O3/c1-12-9-14(3-5-17(12)25-8-7-23-20(25)27)19(26)24-13(2)11-28-18-6-4-15(21)10-16(18)22/h3-6,9-10,13H,7-8,11H2,1-2H3,(H,23,27)(H,24,26). The van der Waals surface area contributed by atoms with Crippen molar-refractivity contribution in [1.29, 1.82) is 0 Å². The fourth-order valence-electron chi connectivity index (χ4n) is 2.96. The van der Waals surface area contributed by atoms with E-state index in [1.165, 1.54) is 6.07 Å². The van der Waals surface area contributed by atoms with Gasteiger partial charge in [0.2, 0.25) is 0 Å². The zero-order chi connectivity index (χ0) is 20.3. The van der Waals surface area contributed by atoms with Gasteiger partial charge in [0.15, 0.2) is 11.6 Å². The van der Waals surface area contributed by atoms with E-state index in [1.54, 1.807) is 30.0 Å². The molecule has 28 heavy (non-hydrogen) atoms. The molecule has 1 heterocycles. The van der Waals surface area contributed by atoms with Crippen molar-refractivity contribution in [3.05, 3.63) is 59.2 Å². The fraction of sp³-hybridized carbons (Fsp3) is 0.300. The third-order valence-electron chi connectivity index (χ3n) is 4.37. The van der Waals surface area contributed by atoms with Crippen molar-refractivity contribution in [2.24, 2.45) is 0 Å². The Bertz CT molecular complexity index is 904. The Morgan fingerprint density at radius 2 is 2.07 bits per heavy atom. The number of hydrogen-bond acceptors (Lipinski definition) is 3. The van der Waals surface area contributed by atoms with E-state index >= 15 is 0 Å². The van der Waals surface area contributed by atoms with Crippen LogP contribution in [0.3, 0.4) is 0 Å². The number of ether oxygens (including phenoxy) is 1. The molecule has 0 radical (unpaired) electrons. The van der Waals surface area contributed by atoms with Gasteiger partial charge in [-0.1, -0.05) is 0 Å². The second-order valence-corrected chi connectivity index (χ2v) is 6.65. The highest BCUT2D eigenvalue weighted by molar-refractivity contribution is 5.98. The average Bonchev–Trinajstić information content (AvgIpc) is 3.06. The summed E-state index contributed by atoms with van der Waals surface area (Å²) in [4.78, 5) is 25.9. The summed E-state index contributed by atoms with van der Waals surface area (Å²) in [5, 5.41) is 5.51. The van der Waals surface area contributed by atoms with Gasteiger partial charge < -0.3 is 15.4 Å². The van der Waals surface area contributed by atoms with Crippen LogP contribution in [0.1, 0.15) is 22.8 Å². The van der Waals surface area contributed by atoms with Crippen LogP contribution in [0.4, 0.5) is 19.3 Å². The van der Waals surface area contributed by atoms with Crippen LogP contribution in [0.2, 0.25) is 0 Å². The third kappa shape index (κ3) is 4.39. The van der Waals surface area contributed by atoms with Gasteiger partial charge in [0.25, 0.3) is 5.91 Å². The molecule has 1 fully saturated rings. The number of hydrogen-bond donors (Lipinski definition) is 2. The molecular formula is C20H21F2N3O3. The lowest BCUT2D eigenvalue weighted by Crippen LogP contribution is -2.37. The normalized spacial score (nSPS) is 14.6. The van der Waals surface area contributed by atoms with Crippen molar-refractivity contribution in [3.63, 3.8) is 0 Å². The van der Waals surface area contributed by atoms with E-state index in [2.05, 4.69) is 10.6 Å². The molecule has 1 atom stereocenters. The van der Waals surface area contributed by atoms with E-state index in [0.717, 1.165) is 23.4 Å². The smallest absolute Gasteiger partial charge is 0.322 e. The molecule has 8 heteroatoms. The van der Waals surface area contributed by atoms with Crippen LogP contribution in [0.15, 0.2) is 36.4 Å². The molecule has 3 amide bonds. The highest BCUT2D eigenvalue weighted by Crippen LogP contribution is 2.23. The lowest BCUT2D eigenvalue weighted by atomic mass is 10.1. The van der Waals surface area contributed by atoms with Crippen molar-refractivity contribution in [2.45, 2.75) is 19.9 Å². The van der Waals surface area contributed by atoms with Gasteiger partial charge in [0.05, 0.1) is 6.04 Å². The summed E-state index contributed by atoms with van der Waals surface area (Å²) < 4.78 is 31.8. The molecule has 0 aliphatic carbocycles. The van der Waals surface area contributed by atoms with Gasteiger partial charge in [-0.25, -0.2) is 13.6 Å². The number of urea groups is 1. The Morgan fingerprint density at radius 1 is 1.29 bits per heavy atom. The molecule has 1 unspecified atom stereocenters. The minimum atomic E-state index is -0.796. The molecule has 1 aliphatic heterocycles. The Hall–Kier alpha value is -3.16. The van der Waals surface area contributed by atoms with Crippen LogP contribution in [0, 0.1) is 18.6 Å². The van der Waals surface area contributed by atoms with Crippen molar-refractivity contribution in [2.75, 3.05) is 24.6 Å². The molecule has 2 aromatic rings. The van der Waals surface area contributed by atoms with Crippen LogP contribution in [0.5, 0.6) is 5.75 Å². The minimum Gasteiger partial charge on any atom is -0.488 e. The Kier molecular flexibility index (Phi) is 5.77. The van der Waals surface area contributed by atoms with E-state index < -0.39 is 17.7 Å². The van der Waals surface area contributed by atoms with E-state index in [0.29, 0.717) is 18.7 Å². The quantitative estimate of drug-likeness (QED) is 0.798. The van der Waals surface area contributed by atoms with Gasteiger partial charge in [-0.05, 0) is 49.7 Å². The van der Waals surface area contributed by atoms with Gasteiger partial charge in [0.1, 0.15) is 12.4 Å². The zero-order valence-corrected chi connectivity index (χ0v) is 15.6. The molecular weight excluding hydrogens is 368 g/mol. The number of rotatable bonds is 6. The topological polar surface area (TPSA) is 70.7 Å². The largest absolute Gasteiger partial charge is 0.488 e. The first-order valence-corrected chi connectivity index (χ1v) is 8.90. The molecule has 0 saturated carbocycles. The average molecular weight is 389 g/mol. The predicted octanol–water partition coefficient (Wildman–Crippen LogP) is 3.00. The van der Waals surface area contributed by atoms with E-state index in [-0.39, 0.29) is 24.3 Å². The van der Waals surface area contributed by atoms with Crippen LogP contribution in [-0.2, 0) is 0 Å². The number of benzene rings is 2. The molecule has 0 spiro atoms. The number of carbonyl (C=O) groups is 2. The Morgan fingerprint density at radius 3 is 2.71 bits per heavy atom. The lowest BCUT2D eigenvalue weighted by Gasteiger charge is -2.19. The number of aryl methyl sites for hydroxylation is 1. The highest BCUT2D eigenvalue weighted by Gasteiger charge is 2.23. The molecule has 0 aromatic heterocycles. The van der Waals surface area contributed by atoms with Crippen molar-refractivity contribution in [1.82, 2.24) is 10.6 Å². The summed E-state index contributed by atoms with van der Waals surface area (Å²) in [7, 11) is 0. The molecule has 2 N–H and O–H groups in total. The maximum absolute atomic E-state index is 13.6. The summed E-state index contributed by atoms with van der Waals surface area (Å²) in [6, 6.07) is 7.59. The molecule has 6 nitrogen and oxygen atoms in total. The van der Waals surface area contributed by atoms with Crippen LogP contribution < -0.4 is 20.3 Å². The number of amides is 3. The summed E-state index contributed by atoms with van der Waals surface area (Å²) in [5.74, 6) is -1.87. The zero-order valence-electron chi connectivity index (χ0n) is 15.6. The fourth-order valence-corrected chi connectivity index (χ4v) is 2.96.